The summed E-state index contributed by atoms with van der Waals surface area (Å²) in [6, 6.07) is 0.480. The van der Waals surface area contributed by atoms with E-state index in [1.54, 1.807) is 6.08 Å². The molecule has 6 heteroatoms. The second-order valence-electron chi connectivity index (χ2n) is 5.63. The predicted octanol–water partition coefficient (Wildman–Crippen LogP) is 0.978. The van der Waals surface area contributed by atoms with Crippen LogP contribution in [0.25, 0.3) is 0 Å². The van der Waals surface area contributed by atoms with Crippen molar-refractivity contribution in [1.82, 2.24) is 9.21 Å². The van der Waals surface area contributed by atoms with E-state index in [0.29, 0.717) is 12.1 Å². The minimum absolute atomic E-state index is 0.00542. The van der Waals surface area contributed by atoms with Crippen LogP contribution in [0.2, 0.25) is 0 Å². The molecule has 5 nitrogen and oxygen atoms in total. The molecule has 0 spiro atoms. The van der Waals surface area contributed by atoms with Crippen LogP contribution in [0.4, 0.5) is 0 Å². The molecule has 0 aliphatic carbocycles. The van der Waals surface area contributed by atoms with E-state index in [1.165, 1.54) is 10.6 Å². The fraction of sp³-hybridized carbons (Fsp3) is 0.769. The highest BCUT2D eigenvalue weighted by Crippen LogP contribution is 2.26. The second-order valence-corrected chi connectivity index (χ2v) is 7.61. The van der Waals surface area contributed by atoms with Crippen LogP contribution in [0.3, 0.4) is 0 Å². The van der Waals surface area contributed by atoms with Crippen LogP contribution in [0.15, 0.2) is 11.6 Å². The molecule has 1 saturated heterocycles. The van der Waals surface area contributed by atoms with Crippen LogP contribution < -0.4 is 0 Å². The molecule has 2 atom stereocenters. The molecule has 0 bridgehead atoms. The normalized spacial score (nSPS) is 29.4. The lowest BCUT2D eigenvalue weighted by Crippen LogP contribution is -2.48. The third-order valence-corrected chi connectivity index (χ3v) is 5.28. The lowest BCUT2D eigenvalue weighted by atomic mass is 9.96. The molecule has 0 N–H and O–H groups in total. The first kappa shape index (κ1) is 14.5. The minimum Gasteiger partial charge on any atom is -0.333 e. The van der Waals surface area contributed by atoms with Gasteiger partial charge in [-0.2, -0.15) is 4.31 Å². The number of nitrogens with zero attached hydrogens (tertiary/aromatic N) is 2. The lowest BCUT2D eigenvalue weighted by molar-refractivity contribution is -0.133. The Kier molecular flexibility index (Phi) is 4.01. The van der Waals surface area contributed by atoms with Gasteiger partial charge in [-0.3, -0.25) is 4.79 Å². The maximum absolute atomic E-state index is 12.5. The van der Waals surface area contributed by atoms with Crippen molar-refractivity contribution in [3.8, 4) is 0 Å². The van der Waals surface area contributed by atoms with E-state index in [0.717, 1.165) is 19.3 Å². The average Bonchev–Trinajstić information content (AvgIpc) is 2.77. The van der Waals surface area contributed by atoms with Gasteiger partial charge in [0.2, 0.25) is 10.0 Å². The van der Waals surface area contributed by atoms with Crippen LogP contribution >= 0.6 is 0 Å². The van der Waals surface area contributed by atoms with Crippen molar-refractivity contribution in [2.24, 2.45) is 0 Å². The van der Waals surface area contributed by atoms with Crippen molar-refractivity contribution in [2.45, 2.75) is 45.2 Å². The molecule has 0 aromatic carbocycles. The molecule has 0 aromatic heterocycles. The number of likely N-dealkylation sites (tertiary alicyclic amines) is 1. The molecule has 19 heavy (non-hydrogen) atoms. The Morgan fingerprint density at radius 3 is 2.32 bits per heavy atom. The summed E-state index contributed by atoms with van der Waals surface area (Å²) in [6.45, 7) is 4.67. The molecule has 2 rings (SSSR count). The van der Waals surface area contributed by atoms with Crippen molar-refractivity contribution < 1.29 is 13.2 Å². The van der Waals surface area contributed by atoms with E-state index in [9.17, 15) is 13.2 Å². The number of hydrogen-bond acceptors (Lipinski definition) is 3. The molecule has 108 valence electrons. The quantitative estimate of drug-likeness (QED) is 0.760. The van der Waals surface area contributed by atoms with E-state index < -0.39 is 10.0 Å². The highest BCUT2D eigenvalue weighted by Gasteiger charge is 2.34. The first-order chi connectivity index (χ1) is 8.80. The van der Waals surface area contributed by atoms with Gasteiger partial charge in [0.1, 0.15) is 0 Å². The minimum atomic E-state index is -3.22. The van der Waals surface area contributed by atoms with Gasteiger partial charge in [-0.05, 0) is 33.1 Å². The fourth-order valence-electron chi connectivity index (χ4n) is 2.93. The smallest absolute Gasteiger partial charge is 0.251 e. The van der Waals surface area contributed by atoms with Crippen molar-refractivity contribution in [1.29, 1.82) is 0 Å². The van der Waals surface area contributed by atoms with E-state index in [-0.39, 0.29) is 24.5 Å². The number of carbonyl (C=O) groups is 1. The third kappa shape index (κ3) is 3.00. The predicted molar refractivity (Wildman–Crippen MR) is 74.1 cm³/mol. The maximum atomic E-state index is 12.5. The molecular weight excluding hydrogens is 264 g/mol. The Bertz CT molecular complexity index is 488. The van der Waals surface area contributed by atoms with Crippen molar-refractivity contribution in [3.63, 3.8) is 0 Å². The number of piperidine rings is 1. The summed E-state index contributed by atoms with van der Waals surface area (Å²) < 4.78 is 24.3. The zero-order chi connectivity index (χ0) is 14.2. The number of carbonyl (C=O) groups excluding carboxylic acids is 1. The fourth-order valence-corrected chi connectivity index (χ4v) is 3.65. The van der Waals surface area contributed by atoms with Gasteiger partial charge in [0.25, 0.3) is 5.91 Å². The molecule has 0 aromatic rings. The van der Waals surface area contributed by atoms with Crippen LogP contribution in [0, 0.1) is 0 Å². The molecule has 2 heterocycles. The van der Waals surface area contributed by atoms with Crippen LogP contribution in [0.5, 0.6) is 0 Å². The molecule has 0 saturated carbocycles. The van der Waals surface area contributed by atoms with Gasteiger partial charge in [-0.25, -0.2) is 8.42 Å². The summed E-state index contributed by atoms with van der Waals surface area (Å²) in [6.07, 6.45) is 6.14. The standard InChI is InChI=1S/C13H22N2O3S/c1-10-5-4-6-11(2)15(10)13(16)12-7-8-14(9-12)19(3,17)18/h7,10-11H,4-6,8-9H2,1-3H3. The van der Waals surface area contributed by atoms with Gasteiger partial charge >= 0.3 is 0 Å². The molecular formula is C13H22N2O3S. The van der Waals surface area contributed by atoms with Crippen molar-refractivity contribution in [2.75, 3.05) is 19.3 Å². The molecule has 2 unspecified atom stereocenters. The molecule has 2 aliphatic heterocycles. The Labute approximate surface area is 115 Å². The third-order valence-electron chi connectivity index (χ3n) is 4.06. The van der Waals surface area contributed by atoms with E-state index in [1.807, 2.05) is 4.90 Å². The Hall–Kier alpha value is -0.880. The van der Waals surface area contributed by atoms with Crippen LogP contribution in [-0.4, -0.2) is 55.0 Å². The van der Waals surface area contributed by atoms with Gasteiger partial charge in [-0.1, -0.05) is 6.08 Å². The second kappa shape index (κ2) is 5.25. The van der Waals surface area contributed by atoms with E-state index in [2.05, 4.69) is 13.8 Å². The zero-order valence-electron chi connectivity index (χ0n) is 11.8. The lowest BCUT2D eigenvalue weighted by Gasteiger charge is -2.39. The number of rotatable bonds is 2. The first-order valence-corrected chi connectivity index (χ1v) is 8.62. The Morgan fingerprint density at radius 2 is 1.84 bits per heavy atom. The molecule has 1 fully saturated rings. The summed E-state index contributed by atoms with van der Waals surface area (Å²) in [5.74, 6) is 0.00542. The summed E-state index contributed by atoms with van der Waals surface area (Å²) >= 11 is 0. The monoisotopic (exact) mass is 286 g/mol. The average molecular weight is 286 g/mol. The van der Waals surface area contributed by atoms with Gasteiger partial charge < -0.3 is 4.90 Å². The SMILES string of the molecule is CC1CCCC(C)N1C(=O)C1=CCN(S(C)(=O)=O)C1. The summed E-state index contributed by atoms with van der Waals surface area (Å²) in [5.41, 5.74) is 0.617. The zero-order valence-corrected chi connectivity index (χ0v) is 12.6. The van der Waals surface area contributed by atoms with Crippen molar-refractivity contribution >= 4 is 15.9 Å². The summed E-state index contributed by atoms with van der Waals surface area (Å²) in [4.78, 5) is 14.4. The van der Waals surface area contributed by atoms with E-state index in [4.69, 9.17) is 0 Å². The molecule has 1 amide bonds. The molecule has 0 radical (unpaired) electrons. The van der Waals surface area contributed by atoms with Gasteiger partial charge in [0.15, 0.2) is 0 Å². The highest BCUT2D eigenvalue weighted by atomic mass is 32.2. The van der Waals surface area contributed by atoms with Crippen LogP contribution in [-0.2, 0) is 14.8 Å². The first-order valence-electron chi connectivity index (χ1n) is 6.77. The maximum Gasteiger partial charge on any atom is 0.251 e. The Morgan fingerprint density at radius 1 is 1.26 bits per heavy atom. The Balaban J connectivity index is 2.09. The molecule has 2 aliphatic rings. The summed E-state index contributed by atoms with van der Waals surface area (Å²) in [5, 5.41) is 0. The summed E-state index contributed by atoms with van der Waals surface area (Å²) in [7, 11) is -3.22. The van der Waals surface area contributed by atoms with Gasteiger partial charge in [0, 0.05) is 30.7 Å². The van der Waals surface area contributed by atoms with Crippen LogP contribution in [0.1, 0.15) is 33.1 Å². The van der Waals surface area contributed by atoms with Gasteiger partial charge in [-0.15, -0.1) is 0 Å². The van der Waals surface area contributed by atoms with Crippen molar-refractivity contribution in [3.05, 3.63) is 11.6 Å². The highest BCUT2D eigenvalue weighted by molar-refractivity contribution is 7.88. The topological polar surface area (TPSA) is 57.7 Å². The largest absolute Gasteiger partial charge is 0.333 e. The number of amides is 1. The number of hydrogen-bond donors (Lipinski definition) is 0. The van der Waals surface area contributed by atoms with Gasteiger partial charge in [0.05, 0.1) is 6.26 Å². The van der Waals surface area contributed by atoms with E-state index >= 15 is 0 Å². The number of sulfonamides is 1.